The largest absolute Gasteiger partial charge is 0.480 e. The van der Waals surface area contributed by atoms with Gasteiger partial charge in [-0.3, -0.25) is 19.3 Å². The molecule has 0 saturated carbocycles. The number of carbonyl (C=O) groups excluding carboxylic acids is 2. The van der Waals surface area contributed by atoms with Crippen LogP contribution < -0.4 is 0 Å². The summed E-state index contributed by atoms with van der Waals surface area (Å²) in [7, 11) is 0. The van der Waals surface area contributed by atoms with E-state index in [1.165, 1.54) is 0 Å². The zero-order valence-corrected chi connectivity index (χ0v) is 7.64. The third-order valence-electron chi connectivity index (χ3n) is 1.19. The number of carbonyl (C=O) groups is 3. The molecule has 0 bridgehead atoms. The van der Waals surface area contributed by atoms with Gasteiger partial charge in [0.05, 0.1) is 0 Å². The fourth-order valence-electron chi connectivity index (χ4n) is 0.722. The van der Waals surface area contributed by atoms with Crippen LogP contribution in [0.5, 0.6) is 0 Å². The fourth-order valence-corrected chi connectivity index (χ4v) is 0.722. The molecule has 0 aromatic rings. The van der Waals surface area contributed by atoms with E-state index in [1.54, 1.807) is 6.92 Å². The lowest BCUT2D eigenvalue weighted by Gasteiger charge is -2.08. The van der Waals surface area contributed by atoms with Crippen molar-refractivity contribution in [1.82, 2.24) is 4.90 Å². The van der Waals surface area contributed by atoms with Crippen LogP contribution in [0.2, 0.25) is 0 Å². The number of aliphatic carboxylic acids is 1. The monoisotopic (exact) mass is 201 g/mol. The van der Waals surface area contributed by atoms with Gasteiger partial charge in [0.25, 0.3) is 11.8 Å². The topological polar surface area (TPSA) is 94.9 Å². The van der Waals surface area contributed by atoms with Crippen LogP contribution in [0.4, 0.5) is 0 Å². The van der Waals surface area contributed by atoms with Crippen molar-refractivity contribution in [3.63, 3.8) is 0 Å². The van der Waals surface area contributed by atoms with Crippen molar-refractivity contribution >= 4 is 17.8 Å². The molecule has 6 nitrogen and oxygen atoms in total. The van der Waals surface area contributed by atoms with Gasteiger partial charge in [0.1, 0.15) is 6.54 Å². The van der Waals surface area contributed by atoms with Crippen LogP contribution in [0.3, 0.4) is 0 Å². The van der Waals surface area contributed by atoms with Crippen molar-refractivity contribution in [3.8, 4) is 0 Å². The number of rotatable bonds is 2. The molecule has 1 aliphatic heterocycles. The highest BCUT2D eigenvalue weighted by molar-refractivity contribution is 6.14. The molecule has 0 unspecified atom stereocenters. The van der Waals surface area contributed by atoms with E-state index in [4.69, 9.17) is 10.2 Å². The van der Waals surface area contributed by atoms with Gasteiger partial charge in [-0.1, -0.05) is 0 Å². The molecule has 1 rings (SSSR count). The second-order valence-corrected chi connectivity index (χ2v) is 2.31. The van der Waals surface area contributed by atoms with Crippen LogP contribution in [0.15, 0.2) is 12.2 Å². The van der Waals surface area contributed by atoms with Gasteiger partial charge in [-0.05, 0) is 6.92 Å². The second kappa shape index (κ2) is 5.87. The average Bonchev–Trinajstić information content (AvgIpc) is 2.37. The molecule has 1 aliphatic rings. The fraction of sp³-hybridized carbons (Fsp3) is 0.375. The number of aliphatic hydroxyl groups is 1. The van der Waals surface area contributed by atoms with Crippen LogP contribution in [-0.4, -0.2) is 46.0 Å². The highest BCUT2D eigenvalue weighted by Crippen LogP contribution is 2.01. The maximum absolute atomic E-state index is 10.7. The molecule has 0 saturated heterocycles. The first kappa shape index (κ1) is 12.3. The Balaban J connectivity index is 0.000000500. The SMILES string of the molecule is CCO.O=C(O)CN1C(=O)C=CC1=O. The highest BCUT2D eigenvalue weighted by Gasteiger charge is 2.24. The number of imide groups is 1. The molecule has 0 spiro atoms. The summed E-state index contributed by atoms with van der Waals surface area (Å²) in [5.41, 5.74) is 0. The summed E-state index contributed by atoms with van der Waals surface area (Å²) in [4.78, 5) is 32.1. The minimum absolute atomic E-state index is 0.250. The Morgan fingerprint density at radius 1 is 1.36 bits per heavy atom. The molecule has 0 atom stereocenters. The summed E-state index contributed by atoms with van der Waals surface area (Å²) in [6.45, 7) is 1.37. The van der Waals surface area contributed by atoms with E-state index >= 15 is 0 Å². The summed E-state index contributed by atoms with van der Waals surface area (Å²) in [6, 6.07) is 0. The third kappa shape index (κ3) is 3.81. The average molecular weight is 201 g/mol. The smallest absolute Gasteiger partial charge is 0.323 e. The first-order valence-electron chi connectivity index (χ1n) is 3.89. The van der Waals surface area contributed by atoms with Crippen molar-refractivity contribution in [1.29, 1.82) is 0 Å². The minimum atomic E-state index is -1.20. The second-order valence-electron chi connectivity index (χ2n) is 2.31. The molecule has 0 aromatic carbocycles. The van der Waals surface area contributed by atoms with E-state index in [0.29, 0.717) is 4.90 Å². The Morgan fingerprint density at radius 3 is 2.00 bits per heavy atom. The molecule has 0 aliphatic carbocycles. The molecule has 1 heterocycles. The normalized spacial score (nSPS) is 14.0. The van der Waals surface area contributed by atoms with E-state index < -0.39 is 24.3 Å². The van der Waals surface area contributed by atoms with Crippen molar-refractivity contribution in [2.24, 2.45) is 0 Å². The number of amides is 2. The van der Waals surface area contributed by atoms with E-state index in [0.717, 1.165) is 12.2 Å². The zero-order valence-electron chi connectivity index (χ0n) is 7.64. The molecule has 0 fully saturated rings. The maximum atomic E-state index is 10.7. The predicted molar refractivity (Wildman–Crippen MR) is 46.3 cm³/mol. The lowest BCUT2D eigenvalue weighted by molar-refractivity contribution is -0.147. The van der Waals surface area contributed by atoms with Gasteiger partial charge < -0.3 is 10.2 Å². The summed E-state index contributed by atoms with van der Waals surface area (Å²) in [5, 5.41) is 15.8. The Morgan fingerprint density at radius 2 is 1.71 bits per heavy atom. The molecule has 6 heteroatoms. The van der Waals surface area contributed by atoms with Crippen molar-refractivity contribution < 1.29 is 24.6 Å². The Labute approximate surface area is 80.4 Å². The van der Waals surface area contributed by atoms with Crippen LogP contribution in [0.1, 0.15) is 6.92 Å². The molecule has 78 valence electrons. The number of carboxylic acid groups (broad SMARTS) is 1. The summed E-state index contributed by atoms with van der Waals surface area (Å²) in [6.07, 6.45) is 2.09. The van der Waals surface area contributed by atoms with Crippen LogP contribution >= 0.6 is 0 Å². The Bertz CT molecular complexity index is 253. The van der Waals surface area contributed by atoms with Gasteiger partial charge in [-0.2, -0.15) is 0 Å². The van der Waals surface area contributed by atoms with Gasteiger partial charge in [-0.15, -0.1) is 0 Å². The van der Waals surface area contributed by atoms with Gasteiger partial charge in [0.15, 0.2) is 0 Å². The molecule has 0 aromatic heterocycles. The summed E-state index contributed by atoms with van der Waals surface area (Å²) >= 11 is 0. The lowest BCUT2D eigenvalue weighted by atomic mass is 10.5. The number of hydrogen-bond acceptors (Lipinski definition) is 4. The van der Waals surface area contributed by atoms with E-state index in [9.17, 15) is 14.4 Å². The predicted octanol–water partition coefficient (Wildman–Crippen LogP) is -1.01. The number of aliphatic hydroxyl groups excluding tert-OH is 1. The molecule has 2 amide bonds. The first-order chi connectivity index (χ1) is 6.52. The number of nitrogens with zero attached hydrogens (tertiary/aromatic N) is 1. The quantitative estimate of drug-likeness (QED) is 0.558. The van der Waals surface area contributed by atoms with E-state index in [-0.39, 0.29) is 6.61 Å². The first-order valence-corrected chi connectivity index (χ1v) is 3.89. The maximum Gasteiger partial charge on any atom is 0.323 e. The van der Waals surface area contributed by atoms with Gasteiger partial charge in [-0.25, -0.2) is 0 Å². The van der Waals surface area contributed by atoms with Crippen molar-refractivity contribution in [3.05, 3.63) is 12.2 Å². The summed E-state index contributed by atoms with van der Waals surface area (Å²) in [5.74, 6) is -2.34. The Kier molecular flexibility index (Phi) is 5.16. The molecular formula is C8H11NO5. The standard InChI is InChI=1S/C6H5NO4.C2H6O/c8-4-1-2-5(9)7(4)3-6(10)11;1-2-3/h1-2H,3H2,(H,10,11);3H,2H2,1H3. The Hall–Kier alpha value is -1.69. The van der Waals surface area contributed by atoms with Gasteiger partial charge in [0, 0.05) is 18.8 Å². The van der Waals surface area contributed by atoms with E-state index in [2.05, 4.69) is 0 Å². The third-order valence-corrected chi connectivity index (χ3v) is 1.19. The number of hydrogen-bond donors (Lipinski definition) is 2. The molecule has 14 heavy (non-hydrogen) atoms. The van der Waals surface area contributed by atoms with Crippen LogP contribution in [-0.2, 0) is 14.4 Å². The van der Waals surface area contributed by atoms with Crippen LogP contribution in [0, 0.1) is 0 Å². The highest BCUT2D eigenvalue weighted by atomic mass is 16.4. The minimum Gasteiger partial charge on any atom is -0.480 e. The van der Waals surface area contributed by atoms with Crippen LogP contribution in [0.25, 0.3) is 0 Å². The number of carboxylic acids is 1. The molecule has 0 radical (unpaired) electrons. The van der Waals surface area contributed by atoms with Gasteiger partial charge >= 0.3 is 5.97 Å². The molecular weight excluding hydrogens is 190 g/mol. The summed E-state index contributed by atoms with van der Waals surface area (Å²) < 4.78 is 0. The van der Waals surface area contributed by atoms with Crippen molar-refractivity contribution in [2.75, 3.05) is 13.2 Å². The van der Waals surface area contributed by atoms with E-state index in [1.807, 2.05) is 0 Å². The van der Waals surface area contributed by atoms with Gasteiger partial charge in [0.2, 0.25) is 0 Å². The molecule has 2 N–H and O–H groups in total. The van der Waals surface area contributed by atoms with Crippen molar-refractivity contribution in [2.45, 2.75) is 6.92 Å². The zero-order chi connectivity index (χ0) is 11.1. The lowest BCUT2D eigenvalue weighted by Crippen LogP contribution is -2.34.